The topological polar surface area (TPSA) is 97.7 Å². The molecule has 202 valence electrons. The van der Waals surface area contributed by atoms with Crippen LogP contribution >= 0.6 is 23.1 Å². The lowest BCUT2D eigenvalue weighted by Gasteiger charge is -2.30. The summed E-state index contributed by atoms with van der Waals surface area (Å²) in [5, 5.41) is 2.42. The predicted octanol–water partition coefficient (Wildman–Crippen LogP) is 4.49. The van der Waals surface area contributed by atoms with E-state index in [0.717, 1.165) is 23.1 Å². The first-order valence-corrected chi connectivity index (χ1v) is 14.1. The molecule has 0 unspecified atom stereocenters. The van der Waals surface area contributed by atoms with Crippen LogP contribution in [0.2, 0.25) is 0 Å². The minimum Gasteiger partial charge on any atom is -0.497 e. The van der Waals surface area contributed by atoms with Crippen LogP contribution in [0.25, 0.3) is 0 Å². The number of hydrogen-bond acceptors (Lipinski definition) is 7. The Bertz CT molecular complexity index is 1670. The van der Waals surface area contributed by atoms with Gasteiger partial charge in [0, 0.05) is 16.5 Å². The van der Waals surface area contributed by atoms with Gasteiger partial charge in [0.1, 0.15) is 23.4 Å². The van der Waals surface area contributed by atoms with Crippen LogP contribution in [0.3, 0.4) is 0 Å². The summed E-state index contributed by atoms with van der Waals surface area (Å²) < 4.78 is 20.3. The highest BCUT2D eigenvalue weighted by Crippen LogP contribution is 2.53. The summed E-state index contributed by atoms with van der Waals surface area (Å²) in [6.45, 7) is -0.276. The number of aromatic nitrogens is 1. The van der Waals surface area contributed by atoms with Crippen LogP contribution in [0, 0.1) is 11.7 Å². The number of nitrogens with one attached hydrogen (secondary N) is 1. The van der Waals surface area contributed by atoms with Crippen molar-refractivity contribution < 1.29 is 23.5 Å². The number of ether oxygens (including phenoxy) is 1. The first-order valence-electron chi connectivity index (χ1n) is 12.4. The van der Waals surface area contributed by atoms with Crippen molar-refractivity contribution in [1.82, 2.24) is 4.57 Å². The number of anilines is 2. The Labute approximate surface area is 236 Å². The molecule has 0 aliphatic carbocycles. The number of carbonyl (C=O) groups excluding carboxylic acids is 3. The molecule has 0 spiro atoms. The number of halogens is 1. The Morgan fingerprint density at radius 1 is 0.950 bits per heavy atom. The maximum absolute atomic E-state index is 13.8. The molecule has 3 amide bonds. The molecule has 1 aromatic heterocycles. The second-order valence-corrected chi connectivity index (χ2v) is 11.5. The van der Waals surface area contributed by atoms with Gasteiger partial charge in [0.25, 0.3) is 0 Å². The highest BCUT2D eigenvalue weighted by atomic mass is 32.2. The van der Waals surface area contributed by atoms with Crippen LogP contribution in [0.15, 0.2) is 88.7 Å². The molecule has 2 aliphatic heterocycles. The van der Waals surface area contributed by atoms with Crippen molar-refractivity contribution in [2.75, 3.05) is 17.3 Å². The van der Waals surface area contributed by atoms with Crippen molar-refractivity contribution in [2.24, 2.45) is 5.92 Å². The molecule has 1 N–H and O–H groups in total. The summed E-state index contributed by atoms with van der Waals surface area (Å²) >= 11 is 2.07. The summed E-state index contributed by atoms with van der Waals surface area (Å²) in [4.78, 5) is 55.0. The zero-order chi connectivity index (χ0) is 28.0. The summed E-state index contributed by atoms with van der Waals surface area (Å²) in [5.74, 6) is -2.44. The summed E-state index contributed by atoms with van der Waals surface area (Å²) in [7, 11) is 1.54. The van der Waals surface area contributed by atoms with Crippen molar-refractivity contribution >= 4 is 52.2 Å². The average Bonchev–Trinajstić information content (AvgIpc) is 3.40. The first kappa shape index (κ1) is 26.0. The molecule has 6 rings (SSSR count). The van der Waals surface area contributed by atoms with E-state index in [2.05, 4.69) is 5.32 Å². The number of thioether (sulfide) groups is 1. The molecule has 0 radical (unpaired) electrons. The minimum atomic E-state index is -0.819. The van der Waals surface area contributed by atoms with Crippen molar-refractivity contribution in [3.63, 3.8) is 0 Å². The van der Waals surface area contributed by atoms with Gasteiger partial charge < -0.3 is 10.1 Å². The van der Waals surface area contributed by atoms with Crippen molar-refractivity contribution in [3.8, 4) is 5.75 Å². The van der Waals surface area contributed by atoms with E-state index in [0.29, 0.717) is 32.6 Å². The van der Waals surface area contributed by atoms with Crippen LogP contribution in [0.1, 0.15) is 16.4 Å². The largest absolute Gasteiger partial charge is 0.497 e. The normalized spacial score (nSPS) is 19.8. The zero-order valence-electron chi connectivity index (χ0n) is 21.1. The number of fused-ring (bicyclic) bond motifs is 2. The highest BCUT2D eigenvalue weighted by molar-refractivity contribution is 8.00. The van der Waals surface area contributed by atoms with E-state index >= 15 is 0 Å². The quantitative estimate of drug-likeness (QED) is 0.340. The van der Waals surface area contributed by atoms with Crippen molar-refractivity contribution in [3.05, 3.63) is 105 Å². The van der Waals surface area contributed by atoms with Crippen LogP contribution in [0.5, 0.6) is 5.75 Å². The van der Waals surface area contributed by atoms with Gasteiger partial charge >= 0.3 is 4.87 Å². The van der Waals surface area contributed by atoms with Gasteiger partial charge in [-0.15, -0.1) is 0 Å². The number of rotatable bonds is 6. The zero-order valence-corrected chi connectivity index (χ0v) is 22.7. The molecule has 3 atom stereocenters. The predicted molar refractivity (Wildman–Crippen MR) is 151 cm³/mol. The molecule has 3 heterocycles. The van der Waals surface area contributed by atoms with Gasteiger partial charge in [-0.3, -0.25) is 23.7 Å². The number of imide groups is 1. The number of hydrogen-bond donors (Lipinski definition) is 1. The van der Waals surface area contributed by atoms with E-state index in [1.807, 2.05) is 0 Å². The molecule has 11 heteroatoms. The molecule has 0 bridgehead atoms. The molecule has 4 aromatic rings. The molecule has 1 saturated heterocycles. The fourth-order valence-electron chi connectivity index (χ4n) is 5.13. The minimum absolute atomic E-state index is 0.276. The second-order valence-electron chi connectivity index (χ2n) is 9.34. The maximum Gasteiger partial charge on any atom is 0.308 e. The third-order valence-corrected chi connectivity index (χ3v) is 9.57. The Kier molecular flexibility index (Phi) is 6.77. The summed E-state index contributed by atoms with van der Waals surface area (Å²) in [6, 6.07) is 21.2. The van der Waals surface area contributed by atoms with E-state index in [-0.39, 0.29) is 17.3 Å². The van der Waals surface area contributed by atoms with E-state index in [4.69, 9.17) is 4.74 Å². The number of amides is 3. The molecule has 0 saturated carbocycles. The molecule has 8 nitrogen and oxygen atoms in total. The van der Waals surface area contributed by atoms with Gasteiger partial charge in [0.15, 0.2) is 0 Å². The standard InChI is InChI=1S/C29H22FN3O5S2/c1-38-20-13-11-18(12-14-20)31-21(34)15-32-28-25(40-29(32)37)22(16-7-9-17(30)10-8-16)23-24(39-28)27(36)33(26(23)35)19-5-3-2-4-6-19/h2-14,22-24H,15H2,1H3,(H,31,34)/t22-,23-,24+/m0/s1. The van der Waals surface area contributed by atoms with Crippen molar-refractivity contribution in [1.29, 1.82) is 0 Å². The van der Waals surface area contributed by atoms with Crippen LogP contribution in [0.4, 0.5) is 15.8 Å². The van der Waals surface area contributed by atoms with Gasteiger partial charge in [-0.25, -0.2) is 9.29 Å². The lowest BCUT2D eigenvalue weighted by atomic mass is 9.83. The highest BCUT2D eigenvalue weighted by Gasteiger charge is 2.56. The van der Waals surface area contributed by atoms with E-state index in [9.17, 15) is 23.6 Å². The number of para-hydroxylation sites is 1. The fraction of sp³-hybridized carbons (Fsp3) is 0.172. The molecular weight excluding hydrogens is 553 g/mol. The summed E-state index contributed by atoms with van der Waals surface area (Å²) in [5.41, 5.74) is 1.62. The molecule has 3 aromatic carbocycles. The maximum atomic E-state index is 13.8. The fourth-order valence-corrected chi connectivity index (χ4v) is 7.91. The van der Waals surface area contributed by atoms with Crippen molar-refractivity contribution in [2.45, 2.75) is 22.7 Å². The number of benzene rings is 3. The number of thiazole rings is 1. The third kappa shape index (κ3) is 4.50. The lowest BCUT2D eigenvalue weighted by Crippen LogP contribution is -2.33. The van der Waals surface area contributed by atoms with Crippen LogP contribution in [-0.2, 0) is 20.9 Å². The summed E-state index contributed by atoms with van der Waals surface area (Å²) in [6.07, 6.45) is 0. The molecule has 1 fully saturated rings. The number of methoxy groups -OCH3 is 1. The molecular formula is C29H22FN3O5S2. The lowest BCUT2D eigenvalue weighted by molar-refractivity contribution is -0.122. The monoisotopic (exact) mass is 575 g/mol. The number of carbonyl (C=O) groups is 3. The van der Waals surface area contributed by atoms with Crippen LogP contribution in [-0.4, -0.2) is 34.6 Å². The Hall–Kier alpha value is -4.22. The Balaban J connectivity index is 1.38. The van der Waals surface area contributed by atoms with E-state index < -0.39 is 34.7 Å². The van der Waals surface area contributed by atoms with Gasteiger partial charge in [0.05, 0.1) is 23.7 Å². The van der Waals surface area contributed by atoms with Gasteiger partial charge in [-0.1, -0.05) is 53.4 Å². The van der Waals surface area contributed by atoms with Gasteiger partial charge in [-0.05, 0) is 54.1 Å². The average molecular weight is 576 g/mol. The van der Waals surface area contributed by atoms with Crippen LogP contribution < -0.4 is 19.8 Å². The van der Waals surface area contributed by atoms with Gasteiger partial charge in [-0.2, -0.15) is 0 Å². The first-order chi connectivity index (χ1) is 19.4. The third-order valence-electron chi connectivity index (χ3n) is 6.97. The second kappa shape index (κ2) is 10.4. The smallest absolute Gasteiger partial charge is 0.308 e. The molecule has 40 heavy (non-hydrogen) atoms. The Morgan fingerprint density at radius 2 is 1.65 bits per heavy atom. The van der Waals surface area contributed by atoms with E-state index in [1.165, 1.54) is 21.6 Å². The Morgan fingerprint density at radius 3 is 2.33 bits per heavy atom. The number of nitrogens with zero attached hydrogens (tertiary/aromatic N) is 2. The SMILES string of the molecule is COc1ccc(NC(=O)Cn2c3c(sc2=O)[C@@H](c2ccc(F)cc2)[C@@H]2C(=O)N(c4ccccc4)C(=O)[C@@H]2S3)cc1. The van der Waals surface area contributed by atoms with Gasteiger partial charge in [0.2, 0.25) is 17.7 Å². The molecule has 2 aliphatic rings. The van der Waals surface area contributed by atoms with E-state index in [1.54, 1.807) is 73.8 Å².